The third kappa shape index (κ3) is 3.30. The number of benzene rings is 1. The van der Waals surface area contributed by atoms with Crippen molar-refractivity contribution in [2.75, 3.05) is 6.54 Å². The standard InChI is InChI=1S/C12H13ClN4O2/c13-10-2-1-9(12(5-10)17(18)19)6-16-7-11(3-4-14)15-8-16/h1-2,5,7-8H,3-4,6,14H2. The van der Waals surface area contributed by atoms with Gasteiger partial charge in [0.1, 0.15) is 0 Å². The van der Waals surface area contributed by atoms with E-state index in [1.165, 1.54) is 6.07 Å². The number of hydrogen-bond donors (Lipinski definition) is 1. The number of nitrogens with zero attached hydrogens (tertiary/aromatic N) is 3. The minimum atomic E-state index is -0.432. The Morgan fingerprint density at radius 2 is 2.26 bits per heavy atom. The smallest absolute Gasteiger partial charge is 0.275 e. The second-order valence-electron chi connectivity index (χ2n) is 4.11. The van der Waals surface area contributed by atoms with Crippen LogP contribution in [-0.4, -0.2) is 21.0 Å². The quantitative estimate of drug-likeness (QED) is 0.670. The molecule has 0 aliphatic carbocycles. The molecule has 1 aromatic carbocycles. The van der Waals surface area contributed by atoms with Crippen molar-refractivity contribution in [1.29, 1.82) is 0 Å². The van der Waals surface area contributed by atoms with Gasteiger partial charge in [0.25, 0.3) is 5.69 Å². The van der Waals surface area contributed by atoms with Gasteiger partial charge in [0.05, 0.1) is 23.5 Å². The summed E-state index contributed by atoms with van der Waals surface area (Å²) in [6.45, 7) is 0.906. The molecule has 2 N–H and O–H groups in total. The molecule has 6 nitrogen and oxygen atoms in total. The molecule has 0 aliphatic rings. The van der Waals surface area contributed by atoms with E-state index in [4.69, 9.17) is 17.3 Å². The normalized spacial score (nSPS) is 10.6. The van der Waals surface area contributed by atoms with E-state index in [0.717, 1.165) is 5.69 Å². The van der Waals surface area contributed by atoms with Crippen LogP contribution in [0.3, 0.4) is 0 Å². The van der Waals surface area contributed by atoms with Crippen molar-refractivity contribution in [2.24, 2.45) is 5.73 Å². The molecule has 2 aromatic rings. The summed E-state index contributed by atoms with van der Waals surface area (Å²) in [5.74, 6) is 0. The molecule has 0 aliphatic heterocycles. The second kappa shape index (κ2) is 5.81. The van der Waals surface area contributed by atoms with Crippen molar-refractivity contribution < 1.29 is 4.92 Å². The van der Waals surface area contributed by atoms with E-state index >= 15 is 0 Å². The summed E-state index contributed by atoms with van der Waals surface area (Å²) in [5, 5.41) is 11.3. The van der Waals surface area contributed by atoms with Crippen LogP contribution in [0.2, 0.25) is 5.02 Å². The number of nitrogens with two attached hydrogens (primary N) is 1. The predicted octanol–water partition coefficient (Wildman–Crippen LogP) is 1.99. The number of halogens is 1. The Hall–Kier alpha value is -1.92. The number of imidazole rings is 1. The van der Waals surface area contributed by atoms with Gasteiger partial charge in [-0.3, -0.25) is 10.1 Å². The highest BCUT2D eigenvalue weighted by Crippen LogP contribution is 2.24. The lowest BCUT2D eigenvalue weighted by molar-refractivity contribution is -0.385. The van der Waals surface area contributed by atoms with Crippen LogP contribution in [0.25, 0.3) is 0 Å². The fraction of sp³-hybridized carbons (Fsp3) is 0.250. The highest BCUT2D eigenvalue weighted by Gasteiger charge is 2.14. The molecule has 0 saturated heterocycles. The summed E-state index contributed by atoms with van der Waals surface area (Å²) in [7, 11) is 0. The Labute approximate surface area is 115 Å². The van der Waals surface area contributed by atoms with Crippen LogP contribution in [-0.2, 0) is 13.0 Å². The van der Waals surface area contributed by atoms with Crippen molar-refractivity contribution in [2.45, 2.75) is 13.0 Å². The van der Waals surface area contributed by atoms with Crippen LogP contribution in [0.1, 0.15) is 11.3 Å². The lowest BCUT2D eigenvalue weighted by Crippen LogP contribution is -2.03. The predicted molar refractivity (Wildman–Crippen MR) is 72.2 cm³/mol. The van der Waals surface area contributed by atoms with Gasteiger partial charge in [0.2, 0.25) is 0 Å². The van der Waals surface area contributed by atoms with Crippen molar-refractivity contribution in [3.63, 3.8) is 0 Å². The molecule has 0 radical (unpaired) electrons. The first-order chi connectivity index (χ1) is 9.10. The molecule has 0 fully saturated rings. The van der Waals surface area contributed by atoms with Crippen molar-refractivity contribution in [3.8, 4) is 0 Å². The molecular weight excluding hydrogens is 268 g/mol. The largest absolute Gasteiger partial charge is 0.333 e. The Morgan fingerprint density at radius 1 is 1.47 bits per heavy atom. The molecule has 19 heavy (non-hydrogen) atoms. The molecule has 0 saturated carbocycles. The maximum Gasteiger partial charge on any atom is 0.275 e. The lowest BCUT2D eigenvalue weighted by atomic mass is 10.2. The van der Waals surface area contributed by atoms with Gasteiger partial charge in [-0.25, -0.2) is 4.98 Å². The SMILES string of the molecule is NCCc1cn(Cc2ccc(Cl)cc2[N+](=O)[O-])cn1. The minimum Gasteiger partial charge on any atom is -0.333 e. The second-order valence-corrected chi connectivity index (χ2v) is 4.54. The Balaban J connectivity index is 2.24. The molecule has 0 bridgehead atoms. The molecule has 1 aromatic heterocycles. The zero-order valence-corrected chi connectivity index (χ0v) is 10.9. The molecule has 1 heterocycles. The van der Waals surface area contributed by atoms with Gasteiger partial charge < -0.3 is 10.3 Å². The van der Waals surface area contributed by atoms with Gasteiger partial charge in [-0.1, -0.05) is 11.6 Å². The van der Waals surface area contributed by atoms with Crippen LogP contribution in [0, 0.1) is 10.1 Å². The number of aromatic nitrogens is 2. The molecule has 0 amide bonds. The van der Waals surface area contributed by atoms with Crippen molar-refractivity contribution in [3.05, 3.63) is 57.1 Å². The number of nitro benzene ring substituents is 1. The topological polar surface area (TPSA) is 87.0 Å². The van der Waals surface area contributed by atoms with Crippen LogP contribution < -0.4 is 5.73 Å². The zero-order valence-electron chi connectivity index (χ0n) is 10.1. The molecular formula is C12H13ClN4O2. The minimum absolute atomic E-state index is 0.0153. The summed E-state index contributed by atoms with van der Waals surface area (Å²) < 4.78 is 1.79. The van der Waals surface area contributed by atoms with E-state index < -0.39 is 4.92 Å². The van der Waals surface area contributed by atoms with E-state index in [0.29, 0.717) is 30.1 Å². The Morgan fingerprint density at radius 3 is 2.95 bits per heavy atom. The number of hydrogen-bond acceptors (Lipinski definition) is 4. The van der Waals surface area contributed by atoms with Gasteiger partial charge in [-0.2, -0.15) is 0 Å². The fourth-order valence-electron chi connectivity index (χ4n) is 1.81. The van der Waals surface area contributed by atoms with Gasteiger partial charge in [0, 0.05) is 29.3 Å². The van der Waals surface area contributed by atoms with E-state index in [1.807, 2.05) is 6.20 Å². The Kier molecular flexibility index (Phi) is 4.13. The van der Waals surface area contributed by atoms with Crippen LogP contribution >= 0.6 is 11.6 Å². The average Bonchev–Trinajstić information content (AvgIpc) is 2.79. The summed E-state index contributed by atoms with van der Waals surface area (Å²) in [5.41, 5.74) is 6.93. The van der Waals surface area contributed by atoms with Gasteiger partial charge >= 0.3 is 0 Å². The highest BCUT2D eigenvalue weighted by molar-refractivity contribution is 6.30. The maximum absolute atomic E-state index is 11.0. The summed E-state index contributed by atoms with van der Waals surface area (Å²) >= 11 is 5.77. The number of nitro groups is 1. The monoisotopic (exact) mass is 280 g/mol. The van der Waals surface area contributed by atoms with Crippen LogP contribution in [0.4, 0.5) is 5.69 Å². The first-order valence-electron chi connectivity index (χ1n) is 5.73. The summed E-state index contributed by atoms with van der Waals surface area (Å²) in [6, 6.07) is 4.65. The third-order valence-electron chi connectivity index (χ3n) is 2.68. The van der Waals surface area contributed by atoms with E-state index in [2.05, 4.69) is 4.98 Å². The van der Waals surface area contributed by atoms with Gasteiger partial charge in [-0.05, 0) is 18.7 Å². The number of rotatable bonds is 5. The van der Waals surface area contributed by atoms with Crippen LogP contribution in [0.15, 0.2) is 30.7 Å². The first kappa shape index (κ1) is 13.5. The lowest BCUT2D eigenvalue weighted by Gasteiger charge is -2.04. The molecule has 0 unspecified atom stereocenters. The van der Waals surface area contributed by atoms with Gasteiger partial charge in [-0.15, -0.1) is 0 Å². The van der Waals surface area contributed by atoms with Gasteiger partial charge in [0.15, 0.2) is 0 Å². The van der Waals surface area contributed by atoms with E-state index in [-0.39, 0.29) is 5.69 Å². The third-order valence-corrected chi connectivity index (χ3v) is 2.92. The summed E-state index contributed by atoms with van der Waals surface area (Å²) in [4.78, 5) is 14.7. The zero-order chi connectivity index (χ0) is 13.8. The molecule has 0 spiro atoms. The van der Waals surface area contributed by atoms with Crippen molar-refractivity contribution >= 4 is 17.3 Å². The maximum atomic E-state index is 11.0. The van der Waals surface area contributed by atoms with Crippen molar-refractivity contribution in [1.82, 2.24) is 9.55 Å². The highest BCUT2D eigenvalue weighted by atomic mass is 35.5. The summed E-state index contributed by atoms with van der Waals surface area (Å²) in [6.07, 6.45) is 4.17. The van der Waals surface area contributed by atoms with Crippen LogP contribution in [0.5, 0.6) is 0 Å². The molecule has 2 rings (SSSR count). The molecule has 0 atom stereocenters. The fourth-order valence-corrected chi connectivity index (χ4v) is 1.97. The molecule has 7 heteroatoms. The molecule has 100 valence electrons. The Bertz CT molecular complexity index is 597. The first-order valence-corrected chi connectivity index (χ1v) is 6.11. The van der Waals surface area contributed by atoms with E-state index in [9.17, 15) is 10.1 Å². The average molecular weight is 281 g/mol. The van der Waals surface area contributed by atoms with E-state index in [1.54, 1.807) is 23.0 Å².